The fourth-order valence-electron chi connectivity index (χ4n) is 5.98. The summed E-state index contributed by atoms with van der Waals surface area (Å²) in [5.41, 5.74) is 0.708. The number of ketones is 1. The van der Waals surface area contributed by atoms with Crippen LogP contribution in [0, 0.1) is 28.6 Å². The highest BCUT2D eigenvalue weighted by Crippen LogP contribution is 2.61. The quantitative estimate of drug-likeness (QED) is 0.736. The van der Waals surface area contributed by atoms with Crippen molar-refractivity contribution in [2.45, 2.75) is 59.8 Å². The maximum absolute atomic E-state index is 13.4. The molecule has 0 aliphatic heterocycles. The summed E-state index contributed by atoms with van der Waals surface area (Å²) in [7, 11) is 0. The Kier molecular flexibility index (Phi) is 4.17. The van der Waals surface area contributed by atoms with Gasteiger partial charge in [-0.15, -0.1) is 0 Å². The van der Waals surface area contributed by atoms with E-state index < -0.39 is 0 Å². The minimum absolute atomic E-state index is 0.00240. The highest BCUT2D eigenvalue weighted by molar-refractivity contribution is 5.99. The summed E-state index contributed by atoms with van der Waals surface area (Å²) in [5.74, 6) is 0.822. The van der Waals surface area contributed by atoms with Gasteiger partial charge in [0, 0.05) is 17.5 Å². The van der Waals surface area contributed by atoms with Gasteiger partial charge in [-0.3, -0.25) is 4.79 Å². The van der Waals surface area contributed by atoms with Gasteiger partial charge in [0.2, 0.25) is 0 Å². The molecule has 0 aromatic heterocycles. The summed E-state index contributed by atoms with van der Waals surface area (Å²) in [6.45, 7) is 9.20. The molecular formula is C21H30O3. The molecule has 2 aliphatic rings. The van der Waals surface area contributed by atoms with Crippen LogP contribution in [0.5, 0.6) is 11.5 Å². The van der Waals surface area contributed by atoms with Gasteiger partial charge in [0.15, 0.2) is 5.78 Å². The summed E-state index contributed by atoms with van der Waals surface area (Å²) in [4.78, 5) is 13.4. The van der Waals surface area contributed by atoms with Crippen LogP contribution in [0.25, 0.3) is 0 Å². The first-order valence-electron chi connectivity index (χ1n) is 9.22. The molecule has 0 radical (unpaired) electrons. The van der Waals surface area contributed by atoms with E-state index in [1.165, 1.54) is 37.5 Å². The zero-order chi connectivity index (χ0) is 17.7. The Morgan fingerprint density at radius 1 is 1.04 bits per heavy atom. The highest BCUT2D eigenvalue weighted by atomic mass is 16.3. The highest BCUT2D eigenvalue weighted by Gasteiger charge is 2.55. The molecule has 3 unspecified atom stereocenters. The molecule has 3 heteroatoms. The number of fused-ring (bicyclic) bond motifs is 1. The second kappa shape index (κ2) is 5.79. The van der Waals surface area contributed by atoms with Gasteiger partial charge < -0.3 is 10.2 Å². The van der Waals surface area contributed by atoms with Crippen LogP contribution >= 0.6 is 0 Å². The van der Waals surface area contributed by atoms with E-state index in [0.717, 1.165) is 12.8 Å². The summed E-state index contributed by atoms with van der Waals surface area (Å²) >= 11 is 0. The lowest BCUT2D eigenvalue weighted by molar-refractivity contribution is -0.0796. The zero-order valence-electron chi connectivity index (χ0n) is 15.3. The van der Waals surface area contributed by atoms with E-state index in [4.69, 9.17) is 0 Å². The van der Waals surface area contributed by atoms with Gasteiger partial charge in [0.1, 0.15) is 11.5 Å². The molecule has 0 amide bonds. The molecule has 0 spiro atoms. The maximum atomic E-state index is 13.4. The number of hydrogen-bond acceptors (Lipinski definition) is 3. The van der Waals surface area contributed by atoms with Crippen LogP contribution in [0.1, 0.15) is 70.2 Å². The number of hydrogen-bond donors (Lipinski definition) is 2. The van der Waals surface area contributed by atoms with Crippen LogP contribution in [-0.4, -0.2) is 16.0 Å². The Bertz CT molecular complexity index is 628. The molecule has 1 aromatic carbocycles. The van der Waals surface area contributed by atoms with Gasteiger partial charge in [-0.1, -0.05) is 34.1 Å². The van der Waals surface area contributed by atoms with Crippen LogP contribution in [0.15, 0.2) is 18.2 Å². The topological polar surface area (TPSA) is 57.5 Å². The van der Waals surface area contributed by atoms with Gasteiger partial charge in [-0.25, -0.2) is 0 Å². The minimum Gasteiger partial charge on any atom is -0.508 e. The van der Waals surface area contributed by atoms with E-state index >= 15 is 0 Å². The van der Waals surface area contributed by atoms with Crippen molar-refractivity contribution in [1.82, 2.24) is 0 Å². The first-order chi connectivity index (χ1) is 11.1. The third-order valence-electron chi connectivity index (χ3n) is 6.94. The lowest BCUT2D eigenvalue weighted by Gasteiger charge is -2.58. The molecule has 0 saturated heterocycles. The van der Waals surface area contributed by atoms with Crippen molar-refractivity contribution in [3.63, 3.8) is 0 Å². The molecule has 4 atom stereocenters. The number of carbonyl (C=O) groups is 1. The van der Waals surface area contributed by atoms with E-state index in [-0.39, 0.29) is 34.0 Å². The second-order valence-electron chi connectivity index (χ2n) is 9.04. The van der Waals surface area contributed by atoms with Crippen LogP contribution in [0.3, 0.4) is 0 Å². The Balaban J connectivity index is 2.02. The van der Waals surface area contributed by atoms with Gasteiger partial charge in [-0.2, -0.15) is 0 Å². The number of Topliss-reactive ketones (excluding diaryl/α,β-unsaturated/α-hetero) is 1. The van der Waals surface area contributed by atoms with Crippen LogP contribution in [0.2, 0.25) is 0 Å². The van der Waals surface area contributed by atoms with Gasteiger partial charge in [0.25, 0.3) is 0 Å². The third-order valence-corrected chi connectivity index (χ3v) is 6.94. The van der Waals surface area contributed by atoms with E-state index in [2.05, 4.69) is 27.7 Å². The van der Waals surface area contributed by atoms with Gasteiger partial charge >= 0.3 is 0 Å². The van der Waals surface area contributed by atoms with E-state index in [9.17, 15) is 15.0 Å². The predicted octanol–water partition coefficient (Wildman–Crippen LogP) is 5.16. The Labute approximate surface area is 145 Å². The monoisotopic (exact) mass is 330 g/mol. The summed E-state index contributed by atoms with van der Waals surface area (Å²) in [6, 6.07) is 4.26. The van der Waals surface area contributed by atoms with Gasteiger partial charge in [0.05, 0.1) is 0 Å². The van der Waals surface area contributed by atoms with Gasteiger partial charge in [-0.05, 0) is 60.5 Å². The normalized spacial score (nSPS) is 35.2. The number of benzene rings is 1. The molecule has 2 fully saturated rings. The standard InChI is InChI=1S/C21H30O3/c1-13-6-7-17-20(2,3)8-5-9-21(17,4)18(13)19(24)14-10-15(22)12-16(23)11-14/h10-13,17-18,22-23H,5-9H2,1-4H3/t13-,17?,18?,21?/m1/s1. The van der Waals surface area contributed by atoms with Crippen LogP contribution in [0.4, 0.5) is 0 Å². The molecule has 2 N–H and O–H groups in total. The Morgan fingerprint density at radius 2 is 1.67 bits per heavy atom. The largest absolute Gasteiger partial charge is 0.508 e. The van der Waals surface area contributed by atoms with Crippen LogP contribution < -0.4 is 0 Å². The van der Waals surface area contributed by atoms with Crippen molar-refractivity contribution < 1.29 is 15.0 Å². The molecule has 0 heterocycles. The Hall–Kier alpha value is -1.51. The van der Waals surface area contributed by atoms with Crippen molar-refractivity contribution in [3.05, 3.63) is 23.8 Å². The molecule has 3 rings (SSSR count). The molecule has 3 nitrogen and oxygen atoms in total. The zero-order valence-corrected chi connectivity index (χ0v) is 15.3. The predicted molar refractivity (Wildman–Crippen MR) is 95.2 cm³/mol. The van der Waals surface area contributed by atoms with Crippen molar-refractivity contribution in [1.29, 1.82) is 0 Å². The van der Waals surface area contributed by atoms with E-state index in [1.54, 1.807) is 0 Å². The fourth-order valence-corrected chi connectivity index (χ4v) is 5.98. The van der Waals surface area contributed by atoms with Crippen molar-refractivity contribution in [2.24, 2.45) is 28.6 Å². The lowest BCUT2D eigenvalue weighted by atomic mass is 9.46. The molecule has 2 saturated carbocycles. The summed E-state index contributed by atoms with van der Waals surface area (Å²) in [6.07, 6.45) is 5.76. The van der Waals surface area contributed by atoms with Crippen molar-refractivity contribution >= 4 is 5.78 Å². The SMILES string of the molecule is C[C@@H]1CCC2C(C)(C)CCCC2(C)C1C(=O)c1cc(O)cc(O)c1. The fraction of sp³-hybridized carbons (Fsp3) is 0.667. The smallest absolute Gasteiger partial charge is 0.167 e. The number of aromatic hydroxyl groups is 2. The second-order valence-corrected chi connectivity index (χ2v) is 9.04. The molecule has 2 aliphatic carbocycles. The Morgan fingerprint density at radius 3 is 2.29 bits per heavy atom. The number of carbonyl (C=O) groups excluding carboxylic acids is 1. The molecule has 132 valence electrons. The van der Waals surface area contributed by atoms with E-state index in [1.807, 2.05) is 0 Å². The first-order valence-corrected chi connectivity index (χ1v) is 9.22. The molecule has 0 bridgehead atoms. The minimum atomic E-state index is -0.0486. The first kappa shape index (κ1) is 17.3. The maximum Gasteiger partial charge on any atom is 0.167 e. The van der Waals surface area contributed by atoms with Crippen LogP contribution in [-0.2, 0) is 0 Å². The summed E-state index contributed by atoms with van der Waals surface area (Å²) in [5, 5.41) is 19.5. The molecule has 24 heavy (non-hydrogen) atoms. The summed E-state index contributed by atoms with van der Waals surface area (Å²) < 4.78 is 0. The number of rotatable bonds is 2. The number of phenols is 2. The van der Waals surface area contributed by atoms with Crippen molar-refractivity contribution in [3.8, 4) is 11.5 Å². The van der Waals surface area contributed by atoms with Crippen molar-refractivity contribution in [2.75, 3.05) is 0 Å². The molecule has 1 aromatic rings. The average molecular weight is 330 g/mol. The average Bonchev–Trinajstić information content (AvgIpc) is 2.44. The third kappa shape index (κ3) is 2.72. The van der Waals surface area contributed by atoms with E-state index in [0.29, 0.717) is 17.4 Å². The lowest BCUT2D eigenvalue weighted by Crippen LogP contribution is -2.53. The molecular weight excluding hydrogens is 300 g/mol. The number of phenolic OH excluding ortho intramolecular Hbond substituents is 2.